The molecule has 4 rings (SSSR count). The number of nitrogens with zero attached hydrogens (tertiary/aromatic N) is 3. The Morgan fingerprint density at radius 1 is 1.21 bits per heavy atom. The molecular formula is C22H30N4O6S. The Morgan fingerprint density at radius 3 is 2.58 bits per heavy atom. The Labute approximate surface area is 193 Å². The van der Waals surface area contributed by atoms with E-state index in [4.69, 9.17) is 9.47 Å². The molecule has 0 spiro atoms. The maximum absolute atomic E-state index is 13.0. The topological polar surface area (TPSA) is 120 Å². The average Bonchev–Trinajstić information content (AvgIpc) is 3.42. The quantitative estimate of drug-likeness (QED) is 0.593. The summed E-state index contributed by atoms with van der Waals surface area (Å²) in [5.41, 5.74) is 0.415. The van der Waals surface area contributed by atoms with Gasteiger partial charge in [-0.2, -0.15) is 4.31 Å². The second-order valence-corrected chi connectivity index (χ2v) is 10.5. The maximum atomic E-state index is 13.0. The number of aromatic nitrogens is 2. The van der Waals surface area contributed by atoms with Crippen LogP contribution in [0, 0.1) is 0 Å². The molecular weight excluding hydrogens is 448 g/mol. The summed E-state index contributed by atoms with van der Waals surface area (Å²) >= 11 is 0. The first-order valence-corrected chi connectivity index (χ1v) is 12.6. The average molecular weight is 479 g/mol. The highest BCUT2D eigenvalue weighted by Crippen LogP contribution is 2.31. The molecule has 1 N–H and O–H groups in total. The molecule has 1 aliphatic carbocycles. The van der Waals surface area contributed by atoms with Gasteiger partial charge in [-0.3, -0.25) is 4.79 Å². The number of sulfonamides is 1. The molecule has 1 saturated heterocycles. The number of carbonyl (C=O) groups excluding carboxylic acids is 2. The summed E-state index contributed by atoms with van der Waals surface area (Å²) < 4.78 is 39.4. The normalized spacial score (nSPS) is 19.0. The fourth-order valence-electron chi connectivity index (χ4n) is 4.66. The van der Waals surface area contributed by atoms with E-state index in [1.807, 2.05) is 11.6 Å². The van der Waals surface area contributed by atoms with Crippen LogP contribution in [0.2, 0.25) is 0 Å². The van der Waals surface area contributed by atoms with Crippen molar-refractivity contribution in [1.82, 2.24) is 19.2 Å². The number of amides is 1. The van der Waals surface area contributed by atoms with Gasteiger partial charge in [0, 0.05) is 33.0 Å². The second kappa shape index (κ2) is 9.40. The Bertz CT molecular complexity index is 1150. The third-order valence-corrected chi connectivity index (χ3v) is 8.43. The molecule has 2 aromatic rings. The van der Waals surface area contributed by atoms with E-state index in [-0.39, 0.29) is 17.2 Å². The first-order valence-electron chi connectivity index (χ1n) is 11.2. The third kappa shape index (κ3) is 4.62. The fraction of sp³-hybridized carbons (Fsp3) is 0.591. The molecule has 0 bridgehead atoms. The molecule has 0 atom stereocenters. The van der Waals surface area contributed by atoms with Gasteiger partial charge < -0.3 is 19.4 Å². The van der Waals surface area contributed by atoms with Gasteiger partial charge in [0.15, 0.2) is 0 Å². The van der Waals surface area contributed by atoms with Crippen LogP contribution in [-0.2, 0) is 42.6 Å². The van der Waals surface area contributed by atoms with E-state index < -0.39 is 21.5 Å². The van der Waals surface area contributed by atoms with Crippen molar-refractivity contribution in [2.45, 2.75) is 49.0 Å². The van der Waals surface area contributed by atoms with Crippen LogP contribution in [0.3, 0.4) is 0 Å². The lowest BCUT2D eigenvalue weighted by molar-refractivity contribution is -0.150. The van der Waals surface area contributed by atoms with Gasteiger partial charge in [-0.25, -0.2) is 18.2 Å². The van der Waals surface area contributed by atoms with Crippen LogP contribution in [0.25, 0.3) is 11.0 Å². The molecule has 2 aliphatic rings. The highest BCUT2D eigenvalue weighted by atomic mass is 32.2. The molecule has 1 aromatic heterocycles. The number of benzene rings is 1. The minimum atomic E-state index is -3.62. The first-order chi connectivity index (χ1) is 15.8. The molecule has 1 aliphatic heterocycles. The first kappa shape index (κ1) is 23.7. The summed E-state index contributed by atoms with van der Waals surface area (Å²) in [7, 11) is -0.444. The van der Waals surface area contributed by atoms with Gasteiger partial charge in [-0.15, -0.1) is 0 Å². The van der Waals surface area contributed by atoms with Gasteiger partial charge >= 0.3 is 5.97 Å². The van der Waals surface area contributed by atoms with Gasteiger partial charge in [-0.1, -0.05) is 12.8 Å². The van der Waals surface area contributed by atoms with E-state index in [2.05, 4.69) is 10.3 Å². The summed E-state index contributed by atoms with van der Waals surface area (Å²) in [6.07, 6.45) is 3.43. The fourth-order valence-corrected chi connectivity index (χ4v) is 6.09. The third-order valence-electron chi connectivity index (χ3n) is 6.54. The lowest BCUT2D eigenvalue weighted by Gasteiger charge is -2.27. The van der Waals surface area contributed by atoms with E-state index in [1.165, 1.54) is 11.4 Å². The summed E-state index contributed by atoms with van der Waals surface area (Å²) in [5, 5.41) is 2.89. The second-order valence-electron chi connectivity index (χ2n) is 8.58. The van der Waals surface area contributed by atoms with Gasteiger partial charge in [0.1, 0.15) is 11.4 Å². The highest BCUT2D eigenvalue weighted by Gasteiger charge is 2.43. The molecule has 33 heavy (non-hydrogen) atoms. The number of imidazole rings is 1. The molecule has 2 fully saturated rings. The Morgan fingerprint density at radius 2 is 1.91 bits per heavy atom. The number of hydrogen-bond donors (Lipinski definition) is 1. The predicted octanol–water partition coefficient (Wildman–Crippen LogP) is 1.13. The van der Waals surface area contributed by atoms with Crippen molar-refractivity contribution >= 4 is 32.9 Å². The number of morpholine rings is 1. The van der Waals surface area contributed by atoms with Crippen LogP contribution in [0.15, 0.2) is 23.1 Å². The van der Waals surface area contributed by atoms with Crippen LogP contribution in [0.5, 0.6) is 0 Å². The van der Waals surface area contributed by atoms with Crippen molar-refractivity contribution in [3.8, 4) is 0 Å². The van der Waals surface area contributed by atoms with E-state index >= 15 is 0 Å². The molecule has 11 heteroatoms. The van der Waals surface area contributed by atoms with Gasteiger partial charge in [-0.05, 0) is 31.0 Å². The molecule has 0 radical (unpaired) electrons. The minimum absolute atomic E-state index is 0.162. The number of carbonyl (C=O) groups is 2. The zero-order valence-electron chi connectivity index (χ0n) is 19.0. The minimum Gasteiger partial charge on any atom is -0.467 e. The number of aryl methyl sites for hydroxylation is 2. The zero-order chi connectivity index (χ0) is 23.6. The summed E-state index contributed by atoms with van der Waals surface area (Å²) in [5.74, 6) is 0.0367. The van der Waals surface area contributed by atoms with Crippen molar-refractivity contribution < 1.29 is 27.5 Å². The van der Waals surface area contributed by atoms with Gasteiger partial charge in [0.2, 0.25) is 15.9 Å². The Hall–Kier alpha value is -2.50. The number of nitrogens with one attached hydrogen (secondary N) is 1. The van der Waals surface area contributed by atoms with Gasteiger partial charge in [0.25, 0.3) is 0 Å². The van der Waals surface area contributed by atoms with Crippen LogP contribution in [-0.4, -0.2) is 73.1 Å². The van der Waals surface area contributed by atoms with Crippen LogP contribution in [0.1, 0.15) is 37.9 Å². The van der Waals surface area contributed by atoms with Crippen LogP contribution < -0.4 is 5.32 Å². The summed E-state index contributed by atoms with van der Waals surface area (Å²) in [6.45, 7) is 1.43. The molecule has 180 valence electrons. The van der Waals surface area contributed by atoms with Crippen molar-refractivity contribution in [2.24, 2.45) is 7.05 Å². The van der Waals surface area contributed by atoms with E-state index in [9.17, 15) is 18.0 Å². The number of hydrogen-bond acceptors (Lipinski definition) is 7. The summed E-state index contributed by atoms with van der Waals surface area (Å²) in [4.78, 5) is 29.6. The lowest BCUT2D eigenvalue weighted by atomic mass is 9.97. The van der Waals surface area contributed by atoms with Crippen molar-refractivity contribution in [2.75, 3.05) is 33.4 Å². The van der Waals surface area contributed by atoms with Crippen molar-refractivity contribution in [3.63, 3.8) is 0 Å². The monoisotopic (exact) mass is 478 g/mol. The molecule has 1 amide bonds. The molecule has 2 heterocycles. The SMILES string of the molecule is COC(=O)C1(NC(=O)CCc2nc3cc(S(=O)(=O)N4CCOCC4)ccc3n2C)CCCC1. The number of rotatable bonds is 7. The zero-order valence-corrected chi connectivity index (χ0v) is 19.8. The standard InChI is InChI=1S/C22H30N4O6S/c1-25-18-6-5-16(33(29,30)26-11-13-32-14-12-26)15-17(18)23-19(25)7-8-20(27)24-22(21(28)31-2)9-3-4-10-22/h5-6,15H,3-4,7-14H2,1-2H3,(H,24,27). The molecule has 0 unspecified atom stereocenters. The number of fused-ring (bicyclic) bond motifs is 1. The van der Waals surface area contributed by atoms with E-state index in [1.54, 1.807) is 18.2 Å². The maximum Gasteiger partial charge on any atom is 0.331 e. The highest BCUT2D eigenvalue weighted by molar-refractivity contribution is 7.89. The molecule has 1 aromatic carbocycles. The molecule has 10 nitrogen and oxygen atoms in total. The largest absolute Gasteiger partial charge is 0.467 e. The van der Waals surface area contributed by atoms with Crippen LogP contribution in [0.4, 0.5) is 0 Å². The van der Waals surface area contributed by atoms with Crippen LogP contribution >= 0.6 is 0 Å². The van der Waals surface area contributed by atoms with E-state index in [0.717, 1.165) is 18.4 Å². The van der Waals surface area contributed by atoms with Crippen molar-refractivity contribution in [3.05, 3.63) is 24.0 Å². The number of esters is 1. The lowest BCUT2D eigenvalue weighted by Crippen LogP contribution is -2.53. The number of ether oxygens (including phenoxy) is 2. The summed E-state index contributed by atoms with van der Waals surface area (Å²) in [6, 6.07) is 4.91. The van der Waals surface area contributed by atoms with Crippen molar-refractivity contribution in [1.29, 1.82) is 0 Å². The predicted molar refractivity (Wildman–Crippen MR) is 120 cm³/mol. The van der Waals surface area contributed by atoms with Gasteiger partial charge in [0.05, 0.1) is 36.3 Å². The Balaban J connectivity index is 1.48. The smallest absolute Gasteiger partial charge is 0.331 e. The van der Waals surface area contributed by atoms with E-state index in [0.29, 0.717) is 56.9 Å². The Kier molecular flexibility index (Phi) is 6.73. The number of methoxy groups -OCH3 is 1. The molecule has 1 saturated carbocycles.